The summed E-state index contributed by atoms with van der Waals surface area (Å²) in [5.41, 5.74) is 1.49. The van der Waals surface area contributed by atoms with E-state index in [9.17, 15) is 8.42 Å². The lowest BCUT2D eigenvalue weighted by Gasteiger charge is -2.08. The van der Waals surface area contributed by atoms with Gasteiger partial charge in [0.25, 0.3) is 10.0 Å². The number of anilines is 1. The Bertz CT molecular complexity index is 845. The predicted octanol–water partition coefficient (Wildman–Crippen LogP) is 1.83. The molecule has 0 aliphatic heterocycles. The maximum absolute atomic E-state index is 12.2. The van der Waals surface area contributed by atoms with Gasteiger partial charge in [-0.15, -0.1) is 0 Å². The van der Waals surface area contributed by atoms with E-state index in [0.717, 1.165) is 0 Å². The number of para-hydroxylation sites is 1. The van der Waals surface area contributed by atoms with Gasteiger partial charge < -0.3 is 0 Å². The molecule has 100 valence electrons. The summed E-state index contributed by atoms with van der Waals surface area (Å²) in [6, 6.07) is 9.82. The van der Waals surface area contributed by atoms with Crippen LogP contribution in [0, 0.1) is 0 Å². The molecule has 0 bridgehead atoms. The minimum atomic E-state index is -3.73. The first-order valence-corrected chi connectivity index (χ1v) is 7.29. The second-order valence-corrected chi connectivity index (χ2v) is 5.63. The summed E-state index contributed by atoms with van der Waals surface area (Å²) in [5.74, 6) is 0. The van der Waals surface area contributed by atoms with Crippen LogP contribution in [0.3, 0.4) is 0 Å². The predicted molar refractivity (Wildman–Crippen MR) is 74.6 cm³/mol. The number of sulfonamides is 1. The molecule has 0 fully saturated rings. The third-order valence-corrected chi connectivity index (χ3v) is 3.94. The summed E-state index contributed by atoms with van der Waals surface area (Å²) >= 11 is 0. The van der Waals surface area contributed by atoms with E-state index in [1.54, 1.807) is 36.5 Å². The number of fused-ring (bicyclic) bond motifs is 1. The van der Waals surface area contributed by atoms with E-state index in [-0.39, 0.29) is 5.03 Å². The van der Waals surface area contributed by atoms with Gasteiger partial charge in [0.05, 0.1) is 11.2 Å². The van der Waals surface area contributed by atoms with Gasteiger partial charge in [-0.3, -0.25) is 14.7 Å². The summed E-state index contributed by atoms with van der Waals surface area (Å²) in [6.07, 6.45) is 4.50. The lowest BCUT2D eigenvalue weighted by molar-refractivity contribution is 0.597. The van der Waals surface area contributed by atoms with Gasteiger partial charge in [0, 0.05) is 18.6 Å². The number of nitrogens with zero attached hydrogens (tertiary/aromatic N) is 3. The quantitative estimate of drug-likeness (QED) is 0.794. The van der Waals surface area contributed by atoms with Gasteiger partial charge in [-0.2, -0.15) is 8.42 Å². The molecule has 2 aromatic heterocycles. The molecule has 1 aromatic carbocycles. The van der Waals surface area contributed by atoms with E-state index >= 15 is 0 Å². The third-order valence-electron chi connectivity index (χ3n) is 2.66. The monoisotopic (exact) mass is 286 g/mol. The highest BCUT2D eigenvalue weighted by Gasteiger charge is 2.16. The number of pyridine rings is 1. The van der Waals surface area contributed by atoms with Crippen molar-refractivity contribution >= 4 is 26.7 Å². The Hall–Kier alpha value is -2.54. The SMILES string of the molecule is O=S(=O)(Nc1cccc2nccnc12)c1ccccn1. The van der Waals surface area contributed by atoms with Crippen LogP contribution in [-0.2, 0) is 10.0 Å². The molecule has 0 aliphatic carbocycles. The fourth-order valence-electron chi connectivity index (χ4n) is 1.78. The average molecular weight is 286 g/mol. The van der Waals surface area contributed by atoms with E-state index in [4.69, 9.17) is 0 Å². The number of nitrogens with one attached hydrogen (secondary N) is 1. The van der Waals surface area contributed by atoms with Crippen molar-refractivity contribution in [2.45, 2.75) is 5.03 Å². The molecular weight excluding hydrogens is 276 g/mol. The van der Waals surface area contributed by atoms with E-state index in [2.05, 4.69) is 19.7 Å². The topological polar surface area (TPSA) is 84.8 Å². The largest absolute Gasteiger partial charge is 0.279 e. The standard InChI is InChI=1S/C13H10N4O2S/c18-20(19,12-6-1-2-7-15-12)17-11-5-3-4-10-13(11)16-9-8-14-10/h1-9,17H. The van der Waals surface area contributed by atoms with Crippen LogP contribution in [0.25, 0.3) is 11.0 Å². The van der Waals surface area contributed by atoms with E-state index in [1.807, 2.05) is 0 Å². The molecule has 0 amide bonds. The molecule has 0 saturated heterocycles. The van der Waals surface area contributed by atoms with Gasteiger partial charge in [-0.1, -0.05) is 12.1 Å². The normalized spacial score (nSPS) is 11.4. The van der Waals surface area contributed by atoms with Crippen LogP contribution in [0.4, 0.5) is 5.69 Å². The molecule has 3 aromatic rings. The Labute approximate surface area is 115 Å². The highest BCUT2D eigenvalue weighted by Crippen LogP contribution is 2.21. The van der Waals surface area contributed by atoms with Crippen molar-refractivity contribution in [1.29, 1.82) is 0 Å². The van der Waals surface area contributed by atoms with Gasteiger partial charge in [0.1, 0.15) is 5.52 Å². The van der Waals surface area contributed by atoms with Gasteiger partial charge in [0.15, 0.2) is 5.03 Å². The second kappa shape index (κ2) is 4.86. The highest BCUT2D eigenvalue weighted by molar-refractivity contribution is 7.92. The zero-order valence-electron chi connectivity index (χ0n) is 10.3. The van der Waals surface area contributed by atoms with Crippen LogP contribution in [0.5, 0.6) is 0 Å². The molecule has 7 heteroatoms. The van der Waals surface area contributed by atoms with E-state index < -0.39 is 10.0 Å². The summed E-state index contributed by atoms with van der Waals surface area (Å²) < 4.78 is 26.9. The number of hydrogen-bond acceptors (Lipinski definition) is 5. The lowest BCUT2D eigenvalue weighted by atomic mass is 10.2. The lowest BCUT2D eigenvalue weighted by Crippen LogP contribution is -2.14. The first-order valence-electron chi connectivity index (χ1n) is 5.80. The number of aromatic nitrogens is 3. The molecule has 0 unspecified atom stereocenters. The average Bonchev–Trinajstić information content (AvgIpc) is 2.48. The fraction of sp³-hybridized carbons (Fsp3) is 0. The molecule has 6 nitrogen and oxygen atoms in total. The molecule has 0 saturated carbocycles. The number of benzene rings is 1. The molecule has 0 atom stereocenters. The Morgan fingerprint density at radius 1 is 0.850 bits per heavy atom. The van der Waals surface area contributed by atoms with Gasteiger partial charge >= 0.3 is 0 Å². The number of rotatable bonds is 3. The van der Waals surface area contributed by atoms with Crippen LogP contribution in [0.1, 0.15) is 0 Å². The molecule has 20 heavy (non-hydrogen) atoms. The van der Waals surface area contributed by atoms with Crippen LogP contribution in [0.15, 0.2) is 60.0 Å². The highest BCUT2D eigenvalue weighted by atomic mass is 32.2. The Morgan fingerprint density at radius 2 is 1.70 bits per heavy atom. The van der Waals surface area contributed by atoms with Crippen molar-refractivity contribution in [2.75, 3.05) is 4.72 Å². The third kappa shape index (κ3) is 2.30. The summed E-state index contributed by atoms with van der Waals surface area (Å²) in [6.45, 7) is 0. The minimum absolute atomic E-state index is 0.0408. The maximum Gasteiger partial charge on any atom is 0.279 e. The van der Waals surface area contributed by atoms with Crippen molar-refractivity contribution in [3.63, 3.8) is 0 Å². The Kier molecular flexibility index (Phi) is 3.03. The molecular formula is C13H10N4O2S. The van der Waals surface area contributed by atoms with E-state index in [0.29, 0.717) is 16.7 Å². The van der Waals surface area contributed by atoms with Gasteiger partial charge in [-0.25, -0.2) is 4.98 Å². The first-order chi connectivity index (χ1) is 9.67. The molecule has 0 aliphatic rings. The van der Waals surface area contributed by atoms with Crippen molar-refractivity contribution in [1.82, 2.24) is 15.0 Å². The van der Waals surface area contributed by atoms with Crippen molar-refractivity contribution in [3.05, 3.63) is 55.0 Å². The molecule has 0 spiro atoms. The molecule has 0 radical (unpaired) electrons. The zero-order chi connectivity index (χ0) is 14.0. The molecule has 1 N–H and O–H groups in total. The van der Waals surface area contributed by atoms with Crippen LogP contribution >= 0.6 is 0 Å². The van der Waals surface area contributed by atoms with Crippen LogP contribution in [-0.4, -0.2) is 23.4 Å². The van der Waals surface area contributed by atoms with Crippen LogP contribution in [0.2, 0.25) is 0 Å². The maximum atomic E-state index is 12.2. The minimum Gasteiger partial charge on any atom is -0.276 e. The fourth-order valence-corrected chi connectivity index (χ4v) is 2.79. The first kappa shape index (κ1) is 12.5. The Balaban J connectivity index is 2.06. The summed E-state index contributed by atoms with van der Waals surface area (Å²) in [7, 11) is -3.73. The van der Waals surface area contributed by atoms with E-state index in [1.165, 1.54) is 18.5 Å². The van der Waals surface area contributed by atoms with Crippen molar-refractivity contribution < 1.29 is 8.42 Å². The van der Waals surface area contributed by atoms with Gasteiger partial charge in [-0.05, 0) is 24.3 Å². The Morgan fingerprint density at radius 3 is 2.50 bits per heavy atom. The smallest absolute Gasteiger partial charge is 0.276 e. The van der Waals surface area contributed by atoms with Crippen molar-refractivity contribution in [3.8, 4) is 0 Å². The summed E-state index contributed by atoms with van der Waals surface area (Å²) in [4.78, 5) is 12.1. The van der Waals surface area contributed by atoms with Crippen molar-refractivity contribution in [2.24, 2.45) is 0 Å². The number of hydrogen-bond donors (Lipinski definition) is 1. The molecule has 3 rings (SSSR count). The zero-order valence-corrected chi connectivity index (χ0v) is 11.1. The second-order valence-electron chi connectivity index (χ2n) is 4.00. The van der Waals surface area contributed by atoms with Gasteiger partial charge in [0.2, 0.25) is 0 Å². The summed E-state index contributed by atoms with van der Waals surface area (Å²) in [5, 5.41) is -0.0408. The molecule has 2 heterocycles. The van der Waals surface area contributed by atoms with Crippen LogP contribution < -0.4 is 4.72 Å².